The molecule has 0 atom stereocenters. The van der Waals surface area contributed by atoms with Crippen LogP contribution in [0.5, 0.6) is 0 Å². The van der Waals surface area contributed by atoms with Crippen molar-refractivity contribution in [3.8, 4) is 5.69 Å². The Morgan fingerprint density at radius 1 is 1.10 bits per heavy atom. The minimum Gasteiger partial charge on any atom is -0.451 e. The molecule has 6 nitrogen and oxygen atoms in total. The van der Waals surface area contributed by atoms with Crippen LogP contribution in [0.1, 0.15) is 27.5 Å². The van der Waals surface area contributed by atoms with Gasteiger partial charge in [0, 0.05) is 52.3 Å². The zero-order chi connectivity index (χ0) is 22.1. The number of hydrogen-bond donors (Lipinski definition) is 1. The fourth-order valence-electron chi connectivity index (χ4n) is 3.56. The maximum Gasteiger partial charge on any atom is 0.307 e. The number of amides is 1. The maximum absolute atomic E-state index is 12.4. The summed E-state index contributed by atoms with van der Waals surface area (Å²) in [6.45, 7) is 4.09. The molecule has 2 aromatic carbocycles. The van der Waals surface area contributed by atoms with Gasteiger partial charge in [-0.1, -0.05) is 15.9 Å². The van der Waals surface area contributed by atoms with Crippen molar-refractivity contribution in [1.29, 1.82) is 0 Å². The van der Waals surface area contributed by atoms with E-state index in [-0.39, 0.29) is 5.76 Å². The molecule has 0 radical (unpaired) electrons. The van der Waals surface area contributed by atoms with Gasteiger partial charge in [-0.2, -0.15) is 5.10 Å². The van der Waals surface area contributed by atoms with Crippen molar-refractivity contribution in [3.05, 3.63) is 81.8 Å². The van der Waals surface area contributed by atoms with Crippen LogP contribution >= 0.6 is 15.9 Å². The summed E-state index contributed by atoms with van der Waals surface area (Å²) in [5.74, 6) is -0.173. The quantitative estimate of drug-likeness (QED) is 0.307. The lowest BCUT2D eigenvalue weighted by molar-refractivity contribution is 0.0929. The molecule has 158 valence electrons. The highest BCUT2D eigenvalue weighted by atomic mass is 79.9. The zero-order valence-corrected chi connectivity index (χ0v) is 19.4. The molecule has 0 aliphatic rings. The van der Waals surface area contributed by atoms with Crippen molar-refractivity contribution in [2.24, 2.45) is 5.10 Å². The van der Waals surface area contributed by atoms with Crippen LogP contribution in [-0.2, 0) is 0 Å². The number of halogens is 1. The number of hydrazone groups is 1. The molecule has 0 bridgehead atoms. The number of aromatic nitrogens is 1. The molecule has 0 saturated carbocycles. The Morgan fingerprint density at radius 2 is 1.84 bits per heavy atom. The summed E-state index contributed by atoms with van der Waals surface area (Å²) in [6.07, 6.45) is 1.66. The predicted octanol–water partition coefficient (Wildman–Crippen LogP) is 5.43. The van der Waals surface area contributed by atoms with Gasteiger partial charge in [0.15, 0.2) is 5.76 Å². The van der Waals surface area contributed by atoms with E-state index in [1.807, 2.05) is 45.3 Å². The molecule has 0 saturated heterocycles. The van der Waals surface area contributed by atoms with Crippen LogP contribution in [0.3, 0.4) is 0 Å². The molecule has 31 heavy (non-hydrogen) atoms. The third-order valence-electron chi connectivity index (χ3n) is 5.17. The van der Waals surface area contributed by atoms with E-state index < -0.39 is 5.91 Å². The van der Waals surface area contributed by atoms with Crippen molar-refractivity contribution >= 4 is 44.7 Å². The summed E-state index contributed by atoms with van der Waals surface area (Å²) in [7, 11) is 4.04. The minimum absolute atomic E-state index is 0.219. The average Bonchev–Trinajstić information content (AvgIpc) is 3.28. The normalized spacial score (nSPS) is 11.4. The van der Waals surface area contributed by atoms with Gasteiger partial charge in [0.2, 0.25) is 0 Å². The van der Waals surface area contributed by atoms with Gasteiger partial charge >= 0.3 is 5.91 Å². The van der Waals surface area contributed by atoms with Crippen LogP contribution in [0, 0.1) is 13.8 Å². The van der Waals surface area contributed by atoms with Crippen LogP contribution in [0.15, 0.2) is 68.6 Å². The number of carbonyl (C=O) groups is 1. The van der Waals surface area contributed by atoms with Gasteiger partial charge in [0.05, 0.1) is 6.21 Å². The monoisotopic (exact) mass is 478 g/mol. The predicted molar refractivity (Wildman–Crippen MR) is 129 cm³/mol. The Kier molecular flexibility index (Phi) is 5.69. The second kappa shape index (κ2) is 8.43. The van der Waals surface area contributed by atoms with Crippen LogP contribution in [-0.4, -0.2) is 30.8 Å². The Hall–Kier alpha value is -3.32. The van der Waals surface area contributed by atoms with Crippen molar-refractivity contribution in [3.63, 3.8) is 0 Å². The molecule has 4 aromatic rings. The standard InChI is InChI=1S/C24H23BrN4O2/c1-15-11-18(16(2)29(15)21-8-6-20(7-9-21)28(3)4)14-26-27-24(30)23-13-17-12-19(25)5-10-22(17)31-23/h5-14H,1-4H3,(H,27,30)/b26-14+. The number of aryl methyl sites for hydroxylation is 1. The fraction of sp³-hybridized carbons (Fsp3) is 0.167. The first-order chi connectivity index (χ1) is 14.8. The summed E-state index contributed by atoms with van der Waals surface area (Å²) in [6, 6.07) is 17.7. The average molecular weight is 479 g/mol. The molecule has 2 heterocycles. The highest BCUT2D eigenvalue weighted by Crippen LogP contribution is 2.24. The summed E-state index contributed by atoms with van der Waals surface area (Å²) in [5, 5.41) is 4.99. The fourth-order valence-corrected chi connectivity index (χ4v) is 3.94. The molecule has 1 amide bonds. The highest BCUT2D eigenvalue weighted by molar-refractivity contribution is 9.10. The smallest absolute Gasteiger partial charge is 0.307 e. The second-order valence-electron chi connectivity index (χ2n) is 7.56. The van der Waals surface area contributed by atoms with Crippen molar-refractivity contribution < 1.29 is 9.21 Å². The summed E-state index contributed by atoms with van der Waals surface area (Å²) >= 11 is 3.42. The van der Waals surface area contributed by atoms with E-state index in [0.29, 0.717) is 5.58 Å². The zero-order valence-electron chi connectivity index (χ0n) is 17.8. The van der Waals surface area contributed by atoms with Gasteiger partial charge < -0.3 is 13.9 Å². The molecule has 7 heteroatoms. The Balaban J connectivity index is 1.51. The number of benzene rings is 2. The third kappa shape index (κ3) is 4.27. The van der Waals surface area contributed by atoms with Gasteiger partial charge in [-0.05, 0) is 68.4 Å². The van der Waals surface area contributed by atoms with Crippen LogP contribution in [0.2, 0.25) is 0 Å². The number of furan rings is 1. The summed E-state index contributed by atoms with van der Waals surface area (Å²) in [4.78, 5) is 14.5. The number of fused-ring (bicyclic) bond motifs is 1. The molecule has 0 aliphatic carbocycles. The van der Waals surface area contributed by atoms with E-state index in [0.717, 1.165) is 38.2 Å². The van der Waals surface area contributed by atoms with E-state index in [2.05, 4.69) is 67.1 Å². The first-order valence-corrected chi connectivity index (χ1v) is 10.6. The van der Waals surface area contributed by atoms with E-state index in [1.165, 1.54) is 0 Å². The third-order valence-corrected chi connectivity index (χ3v) is 5.66. The molecule has 0 unspecified atom stereocenters. The number of anilines is 1. The molecule has 2 aromatic heterocycles. The largest absolute Gasteiger partial charge is 0.451 e. The van der Waals surface area contributed by atoms with Crippen molar-refractivity contribution in [2.45, 2.75) is 13.8 Å². The van der Waals surface area contributed by atoms with E-state index >= 15 is 0 Å². The number of nitrogens with one attached hydrogen (secondary N) is 1. The SMILES string of the molecule is Cc1cc(/C=N/NC(=O)c2cc3cc(Br)ccc3o2)c(C)n1-c1ccc(N(C)C)cc1. The van der Waals surface area contributed by atoms with E-state index in [4.69, 9.17) is 4.42 Å². The van der Waals surface area contributed by atoms with E-state index in [9.17, 15) is 4.79 Å². The van der Waals surface area contributed by atoms with E-state index in [1.54, 1.807) is 12.3 Å². The first kappa shape index (κ1) is 20.9. The van der Waals surface area contributed by atoms with Gasteiger partial charge in [-0.15, -0.1) is 0 Å². The number of hydrogen-bond acceptors (Lipinski definition) is 4. The number of nitrogens with zero attached hydrogens (tertiary/aromatic N) is 3. The first-order valence-electron chi connectivity index (χ1n) is 9.82. The van der Waals surface area contributed by atoms with Gasteiger partial charge in [-0.25, -0.2) is 5.43 Å². The molecular weight excluding hydrogens is 456 g/mol. The van der Waals surface area contributed by atoms with Crippen LogP contribution < -0.4 is 10.3 Å². The van der Waals surface area contributed by atoms with Gasteiger partial charge in [0.1, 0.15) is 5.58 Å². The molecule has 0 spiro atoms. The Morgan fingerprint density at radius 3 is 2.55 bits per heavy atom. The molecule has 4 rings (SSSR count). The highest BCUT2D eigenvalue weighted by Gasteiger charge is 2.13. The van der Waals surface area contributed by atoms with Gasteiger partial charge in [-0.3, -0.25) is 4.79 Å². The minimum atomic E-state index is -0.392. The number of rotatable bonds is 5. The lowest BCUT2D eigenvalue weighted by Gasteiger charge is -2.14. The Bertz CT molecular complexity index is 1280. The van der Waals surface area contributed by atoms with Crippen molar-refractivity contribution in [2.75, 3.05) is 19.0 Å². The lowest BCUT2D eigenvalue weighted by Crippen LogP contribution is -2.16. The topological polar surface area (TPSA) is 62.8 Å². The summed E-state index contributed by atoms with van der Waals surface area (Å²) in [5.41, 5.74) is 8.50. The second-order valence-corrected chi connectivity index (χ2v) is 8.48. The molecule has 1 N–H and O–H groups in total. The molecule has 0 fully saturated rings. The maximum atomic E-state index is 12.4. The van der Waals surface area contributed by atoms with Crippen molar-refractivity contribution in [1.82, 2.24) is 9.99 Å². The Labute approximate surface area is 189 Å². The lowest BCUT2D eigenvalue weighted by atomic mass is 10.2. The summed E-state index contributed by atoms with van der Waals surface area (Å²) < 4.78 is 8.70. The molecule has 0 aliphatic heterocycles. The van der Waals surface area contributed by atoms with Crippen LogP contribution in [0.25, 0.3) is 16.7 Å². The molecular formula is C24H23BrN4O2. The van der Waals surface area contributed by atoms with Crippen LogP contribution in [0.4, 0.5) is 5.69 Å². The number of carbonyl (C=O) groups excluding carboxylic acids is 1. The van der Waals surface area contributed by atoms with Gasteiger partial charge in [0.25, 0.3) is 0 Å².